The summed E-state index contributed by atoms with van der Waals surface area (Å²) in [6.45, 7) is 0. The Bertz CT molecular complexity index is 939. The molecule has 0 aromatic carbocycles. The minimum absolute atomic E-state index is 0.239. The summed E-state index contributed by atoms with van der Waals surface area (Å²) in [5.41, 5.74) is 1.84. The van der Waals surface area contributed by atoms with E-state index in [9.17, 15) is 30.0 Å². The summed E-state index contributed by atoms with van der Waals surface area (Å²) >= 11 is 0. The van der Waals surface area contributed by atoms with E-state index in [0.717, 1.165) is 11.1 Å². The van der Waals surface area contributed by atoms with E-state index in [1.54, 1.807) is 24.3 Å². The minimum Gasteiger partial charge on any atom is -0.389 e. The van der Waals surface area contributed by atoms with Gasteiger partial charge in [-0.3, -0.25) is 9.59 Å². The van der Waals surface area contributed by atoms with Crippen molar-refractivity contribution in [3.8, 4) is 0 Å². The smallest absolute Gasteiger partial charge is 0.232 e. The number of hydrogen-bond acceptors (Lipinski definition) is 6. The number of carbonyl (C=O) groups is 2. The van der Waals surface area contributed by atoms with Crippen molar-refractivity contribution in [3.05, 3.63) is 96.2 Å². The third-order valence-electron chi connectivity index (χ3n) is 6.50. The Morgan fingerprint density at radius 1 is 0.594 bits per heavy atom. The molecule has 6 nitrogen and oxygen atoms in total. The summed E-state index contributed by atoms with van der Waals surface area (Å²) in [6.07, 6.45) is 18.2. The minimum atomic E-state index is -2.02. The van der Waals surface area contributed by atoms with Crippen molar-refractivity contribution in [2.45, 2.75) is 24.4 Å². The molecule has 0 fully saturated rings. The molecule has 0 amide bonds. The Kier molecular flexibility index (Phi) is 6.48. The highest BCUT2D eigenvalue weighted by atomic mass is 16.3. The number of rotatable bonds is 7. The zero-order valence-corrected chi connectivity index (χ0v) is 17.3. The Balaban J connectivity index is 1.44. The highest BCUT2D eigenvalue weighted by Gasteiger charge is 2.43. The third-order valence-corrected chi connectivity index (χ3v) is 6.50. The predicted molar refractivity (Wildman–Crippen MR) is 119 cm³/mol. The molecule has 0 bridgehead atoms. The molecule has 0 aliphatic heterocycles. The second kappa shape index (κ2) is 9.30. The van der Waals surface area contributed by atoms with Crippen LogP contribution in [0.25, 0.3) is 0 Å². The average Bonchev–Trinajstić information content (AvgIpc) is 2.85. The molecule has 4 N–H and O–H groups in total. The van der Waals surface area contributed by atoms with Crippen molar-refractivity contribution in [2.75, 3.05) is 0 Å². The SMILES string of the molecule is O=C(C(=O)[C@H](O)C(O)C1C=CC=C2C=CC=CC21)[C@@H](O)C(O)C1C=CC=C2C=CC=CC21. The normalized spacial score (nSPS) is 31.1. The average molecular weight is 434 g/mol. The molecule has 4 rings (SSSR count). The number of carbonyl (C=O) groups excluding carboxylic acids is 2. The van der Waals surface area contributed by atoms with Gasteiger partial charge in [0.15, 0.2) is 0 Å². The number of Topliss-reactive ketones (excluding diaryl/α,β-unsaturated/α-hetero) is 2. The van der Waals surface area contributed by atoms with Gasteiger partial charge >= 0.3 is 0 Å². The fourth-order valence-corrected chi connectivity index (χ4v) is 4.68. The summed E-state index contributed by atoms with van der Waals surface area (Å²) in [4.78, 5) is 25.3. The fourth-order valence-electron chi connectivity index (χ4n) is 4.68. The van der Waals surface area contributed by atoms with Gasteiger partial charge in [0.25, 0.3) is 0 Å². The van der Waals surface area contributed by atoms with E-state index in [0.29, 0.717) is 0 Å². The molecule has 0 saturated carbocycles. The Hall–Kier alpha value is -2.90. The summed E-state index contributed by atoms with van der Waals surface area (Å²) < 4.78 is 0. The van der Waals surface area contributed by atoms with Crippen LogP contribution in [0, 0.1) is 23.7 Å². The number of fused-ring (bicyclic) bond motifs is 2. The van der Waals surface area contributed by atoms with Crippen molar-refractivity contribution in [1.82, 2.24) is 0 Å². The first-order valence-electron chi connectivity index (χ1n) is 10.7. The molecule has 8 atom stereocenters. The lowest BCUT2D eigenvalue weighted by molar-refractivity contribution is -0.154. The maximum Gasteiger partial charge on any atom is 0.232 e. The van der Waals surface area contributed by atoms with E-state index in [1.807, 2.05) is 60.8 Å². The Morgan fingerprint density at radius 2 is 1.00 bits per heavy atom. The van der Waals surface area contributed by atoms with Crippen molar-refractivity contribution in [2.24, 2.45) is 23.7 Å². The molecule has 166 valence electrons. The molecular formula is C26H26O6. The lowest BCUT2D eigenvalue weighted by atomic mass is 9.74. The highest BCUT2D eigenvalue weighted by Crippen LogP contribution is 2.35. The molecule has 0 aromatic rings. The molecule has 6 heteroatoms. The second-order valence-corrected chi connectivity index (χ2v) is 8.40. The lowest BCUT2D eigenvalue weighted by Gasteiger charge is -2.34. The number of aliphatic hydroxyl groups excluding tert-OH is 4. The van der Waals surface area contributed by atoms with Gasteiger partial charge in [0.05, 0.1) is 12.2 Å². The van der Waals surface area contributed by atoms with Crippen molar-refractivity contribution in [1.29, 1.82) is 0 Å². The molecular weight excluding hydrogens is 408 g/mol. The quantitative estimate of drug-likeness (QED) is 0.449. The Morgan fingerprint density at radius 3 is 1.41 bits per heavy atom. The molecule has 32 heavy (non-hydrogen) atoms. The van der Waals surface area contributed by atoms with E-state index in [1.165, 1.54) is 0 Å². The van der Waals surface area contributed by atoms with E-state index in [2.05, 4.69) is 0 Å². The molecule has 6 unspecified atom stereocenters. The van der Waals surface area contributed by atoms with Crippen molar-refractivity contribution in [3.63, 3.8) is 0 Å². The van der Waals surface area contributed by atoms with Crippen LogP contribution in [0.2, 0.25) is 0 Å². The first-order valence-corrected chi connectivity index (χ1v) is 10.7. The zero-order chi connectivity index (χ0) is 22.8. The fraction of sp³-hybridized carbons (Fsp3) is 0.308. The number of aliphatic hydroxyl groups is 4. The van der Waals surface area contributed by atoms with E-state index in [4.69, 9.17) is 0 Å². The predicted octanol–water partition coefficient (Wildman–Crippen LogP) is 1.28. The van der Waals surface area contributed by atoms with Gasteiger partial charge in [0.1, 0.15) is 12.2 Å². The van der Waals surface area contributed by atoms with Crippen LogP contribution >= 0.6 is 0 Å². The summed E-state index contributed by atoms with van der Waals surface area (Å²) in [5, 5.41) is 42.3. The molecule has 0 radical (unpaired) electrons. The van der Waals surface area contributed by atoms with Crippen LogP contribution in [-0.4, -0.2) is 56.4 Å². The van der Waals surface area contributed by atoms with Crippen molar-refractivity contribution >= 4 is 11.6 Å². The standard InChI is InChI=1S/C26H26O6/c27-21(19-13-5-9-15-7-1-3-11-17(15)19)23(29)25(31)26(32)24(30)22(28)20-14-6-10-16-8-2-4-12-18(16)20/h1-14,17-24,27-30H/t17?,18?,19?,20?,21?,22?,23-,24+. The summed E-state index contributed by atoms with van der Waals surface area (Å²) in [5.74, 6) is -4.35. The van der Waals surface area contributed by atoms with Crippen LogP contribution < -0.4 is 0 Å². The first-order chi connectivity index (χ1) is 15.4. The van der Waals surface area contributed by atoms with Crippen LogP contribution in [0.4, 0.5) is 0 Å². The molecule has 0 aromatic heterocycles. The van der Waals surface area contributed by atoms with Gasteiger partial charge in [-0.15, -0.1) is 0 Å². The Labute approximate surface area is 186 Å². The van der Waals surface area contributed by atoms with E-state index < -0.39 is 47.8 Å². The van der Waals surface area contributed by atoms with E-state index >= 15 is 0 Å². The van der Waals surface area contributed by atoms with E-state index in [-0.39, 0.29) is 11.8 Å². The highest BCUT2D eigenvalue weighted by molar-refractivity contribution is 6.40. The lowest BCUT2D eigenvalue weighted by Crippen LogP contribution is -2.50. The number of ketones is 2. The monoisotopic (exact) mass is 434 g/mol. The first kappa shape index (κ1) is 22.3. The topological polar surface area (TPSA) is 115 Å². The molecule has 0 saturated heterocycles. The van der Waals surface area contributed by atoms with Gasteiger partial charge in [-0.1, -0.05) is 85.1 Å². The van der Waals surface area contributed by atoms with Crippen LogP contribution in [0.5, 0.6) is 0 Å². The van der Waals surface area contributed by atoms with Gasteiger partial charge in [-0.25, -0.2) is 0 Å². The summed E-state index contributed by atoms with van der Waals surface area (Å²) in [6, 6.07) is 0. The molecule has 0 spiro atoms. The number of hydrogen-bond donors (Lipinski definition) is 4. The molecule has 4 aliphatic carbocycles. The van der Waals surface area contributed by atoms with Gasteiger partial charge in [-0.2, -0.15) is 0 Å². The second-order valence-electron chi connectivity index (χ2n) is 8.40. The van der Waals surface area contributed by atoms with Crippen LogP contribution in [0.15, 0.2) is 96.2 Å². The third kappa shape index (κ3) is 4.10. The van der Waals surface area contributed by atoms with Crippen molar-refractivity contribution < 1.29 is 30.0 Å². The van der Waals surface area contributed by atoms with Crippen LogP contribution in [0.3, 0.4) is 0 Å². The largest absolute Gasteiger partial charge is 0.389 e. The molecule has 4 aliphatic rings. The van der Waals surface area contributed by atoms with Gasteiger partial charge in [0.2, 0.25) is 11.6 Å². The van der Waals surface area contributed by atoms with Crippen LogP contribution in [0.1, 0.15) is 0 Å². The number of allylic oxidation sites excluding steroid dienone is 14. The maximum absolute atomic E-state index is 12.6. The molecule has 0 heterocycles. The van der Waals surface area contributed by atoms with Gasteiger partial charge in [0, 0.05) is 23.7 Å². The zero-order valence-electron chi connectivity index (χ0n) is 17.3. The summed E-state index contributed by atoms with van der Waals surface area (Å²) in [7, 11) is 0. The van der Waals surface area contributed by atoms with Gasteiger partial charge in [-0.05, 0) is 11.1 Å². The van der Waals surface area contributed by atoms with Crippen LogP contribution in [-0.2, 0) is 9.59 Å². The van der Waals surface area contributed by atoms with Gasteiger partial charge < -0.3 is 20.4 Å². The maximum atomic E-state index is 12.6.